The molecule has 1 heterocycles. The van der Waals surface area contributed by atoms with E-state index in [1.807, 2.05) is 6.07 Å². The van der Waals surface area contributed by atoms with E-state index in [2.05, 4.69) is 31.0 Å². The van der Waals surface area contributed by atoms with Gasteiger partial charge in [-0.25, -0.2) is 0 Å². The van der Waals surface area contributed by atoms with Crippen molar-refractivity contribution in [1.82, 2.24) is 4.98 Å². The minimum absolute atomic E-state index is 0.0416. The Kier molecular flexibility index (Phi) is 6.42. The zero-order chi connectivity index (χ0) is 39.6. The van der Waals surface area contributed by atoms with Crippen molar-refractivity contribution < 1.29 is 30.6 Å². The van der Waals surface area contributed by atoms with Crippen LogP contribution in [0.5, 0.6) is 34.5 Å². The number of nitrogens with two attached hydrogens (primary N) is 1. The molecule has 11 rings (SSSR count). The van der Waals surface area contributed by atoms with E-state index < -0.39 is 50.9 Å². The first-order valence-electron chi connectivity index (χ1n) is 18.2. The van der Waals surface area contributed by atoms with Gasteiger partial charge >= 0.3 is 0 Å². The van der Waals surface area contributed by atoms with Gasteiger partial charge in [-0.1, -0.05) is 17.7 Å². The van der Waals surface area contributed by atoms with Gasteiger partial charge < -0.3 is 41.4 Å². The Labute approximate surface area is 315 Å². The van der Waals surface area contributed by atoms with E-state index in [0.717, 1.165) is 36.2 Å². The predicted molar refractivity (Wildman–Crippen MR) is 218 cm³/mol. The highest BCUT2D eigenvalue weighted by atomic mass is 16.3. The van der Waals surface area contributed by atoms with E-state index in [1.54, 1.807) is 19.9 Å². The number of aromatic hydroxyl groups is 6. The molecule has 56 heavy (non-hydrogen) atoms. The van der Waals surface area contributed by atoms with Crippen molar-refractivity contribution in [2.45, 2.75) is 46.1 Å². The van der Waals surface area contributed by atoms with E-state index in [0.29, 0.717) is 49.4 Å². The van der Waals surface area contributed by atoms with Gasteiger partial charge in [0, 0.05) is 72.9 Å². The molecule has 0 fully saturated rings. The molecule has 0 saturated carbocycles. The number of hydrogen-bond donors (Lipinski definition) is 8. The first kappa shape index (κ1) is 33.7. The Hall–Kier alpha value is -6.85. The number of rotatable bonds is 0. The van der Waals surface area contributed by atoms with Crippen molar-refractivity contribution in [1.29, 1.82) is 0 Å². The molecule has 11 nitrogen and oxygen atoms in total. The van der Waals surface area contributed by atoms with Gasteiger partial charge in [0.2, 0.25) is 5.56 Å². The lowest BCUT2D eigenvalue weighted by Gasteiger charge is -2.45. The third kappa shape index (κ3) is 3.87. The number of fused-ring (bicyclic) bond motifs is 6. The summed E-state index contributed by atoms with van der Waals surface area (Å²) in [5.41, 5.74) is 11.1. The lowest BCUT2D eigenvalue weighted by Crippen LogP contribution is -2.48. The smallest absolute Gasteiger partial charge is 0.248 e. The molecule has 11 heteroatoms. The zero-order valence-electron chi connectivity index (χ0n) is 30.6. The SMILES string of the molecule is CC=C1[C@H]2C=C(C)C[C@@]1(N)c1ccc(=O)[nH]c1C2.Cc1cc(=O)c2c(O)c3c(O)cc(O)c4c5c(O)cc(O)c6c(O)c7c(=O)cc(C)c8c1c2c(c34)c(c65)c78. The third-order valence-corrected chi connectivity index (χ3v) is 12.4. The second-order valence-corrected chi connectivity index (χ2v) is 15.6. The van der Waals surface area contributed by atoms with Crippen molar-refractivity contribution >= 4 is 75.4 Å². The van der Waals surface area contributed by atoms with Gasteiger partial charge in [0.05, 0.1) is 27.1 Å². The Balaban J connectivity index is 0.000000179. The number of H-pyrrole nitrogens is 1. The monoisotopic (exact) mass is 746 g/mol. The number of phenols is 6. The van der Waals surface area contributed by atoms with Crippen LogP contribution in [0.25, 0.3) is 75.4 Å². The number of benzene rings is 8. The number of phenolic OH excluding ortho intramolecular Hbond substituents is 6. The average Bonchev–Trinajstić information content (AvgIpc) is 3.10. The summed E-state index contributed by atoms with van der Waals surface area (Å²) < 4.78 is 0. The number of nitrogens with one attached hydrogen (secondary N) is 1. The summed E-state index contributed by atoms with van der Waals surface area (Å²) in [6, 6.07) is 8.24. The maximum atomic E-state index is 13.4. The molecular weight excluding hydrogens is 712 g/mol. The van der Waals surface area contributed by atoms with E-state index in [-0.39, 0.29) is 48.6 Å². The van der Waals surface area contributed by atoms with Gasteiger partial charge in [0.25, 0.3) is 0 Å². The van der Waals surface area contributed by atoms with Crippen molar-refractivity contribution in [2.24, 2.45) is 11.7 Å². The maximum absolute atomic E-state index is 13.4. The Morgan fingerprint density at radius 3 is 1.55 bits per heavy atom. The molecule has 1 aromatic heterocycles. The fraction of sp³-hybridized carbons (Fsp3) is 0.178. The number of aryl methyl sites for hydroxylation is 2. The predicted octanol–water partition coefficient (Wildman–Crippen LogP) is 7.08. The zero-order valence-corrected chi connectivity index (χ0v) is 30.6. The first-order valence-corrected chi connectivity index (χ1v) is 18.2. The van der Waals surface area contributed by atoms with Crippen LogP contribution in [0.4, 0.5) is 0 Å². The highest BCUT2D eigenvalue weighted by Crippen LogP contribution is 2.60. The van der Waals surface area contributed by atoms with Crippen molar-refractivity contribution in [3.05, 3.63) is 113 Å². The van der Waals surface area contributed by atoms with Crippen molar-refractivity contribution in [2.75, 3.05) is 0 Å². The molecule has 8 aromatic carbocycles. The largest absolute Gasteiger partial charge is 0.507 e. The van der Waals surface area contributed by atoms with Gasteiger partial charge in [-0.3, -0.25) is 14.4 Å². The molecular formula is C45H34N2O9. The number of aromatic nitrogens is 1. The topological polar surface area (TPSA) is 214 Å². The van der Waals surface area contributed by atoms with Gasteiger partial charge in [-0.2, -0.15) is 0 Å². The fourth-order valence-electron chi connectivity index (χ4n) is 10.6. The van der Waals surface area contributed by atoms with Crippen LogP contribution < -0.4 is 22.2 Å². The third-order valence-electron chi connectivity index (χ3n) is 12.4. The van der Waals surface area contributed by atoms with Crippen LogP contribution in [0, 0.1) is 19.8 Å². The molecule has 9 N–H and O–H groups in total. The van der Waals surface area contributed by atoms with Crippen LogP contribution in [-0.4, -0.2) is 35.6 Å². The Bertz CT molecular complexity index is 3330. The van der Waals surface area contributed by atoms with E-state index >= 15 is 0 Å². The quantitative estimate of drug-likeness (QED) is 0.0448. The Morgan fingerprint density at radius 2 is 1.07 bits per heavy atom. The summed E-state index contributed by atoms with van der Waals surface area (Å²) in [5, 5.41) is 69.6. The second-order valence-electron chi connectivity index (χ2n) is 15.6. The van der Waals surface area contributed by atoms with Crippen molar-refractivity contribution in [3.63, 3.8) is 0 Å². The summed E-state index contributed by atoms with van der Waals surface area (Å²) in [5.74, 6) is -2.42. The summed E-state index contributed by atoms with van der Waals surface area (Å²) >= 11 is 0. The molecule has 0 saturated heterocycles. The highest BCUT2D eigenvalue weighted by Gasteiger charge is 2.43. The van der Waals surface area contributed by atoms with E-state index in [9.17, 15) is 45.0 Å². The minimum Gasteiger partial charge on any atom is -0.507 e. The number of allylic oxidation sites excluding steroid dienone is 2. The van der Waals surface area contributed by atoms with Crippen LogP contribution in [0.3, 0.4) is 0 Å². The number of hydrogen-bond acceptors (Lipinski definition) is 10. The first-order chi connectivity index (χ1) is 26.6. The minimum atomic E-state index is -0.483. The summed E-state index contributed by atoms with van der Waals surface area (Å²) in [6.07, 6.45) is 6.11. The highest BCUT2D eigenvalue weighted by molar-refractivity contribution is 6.51. The normalized spacial score (nSPS) is 19.0. The van der Waals surface area contributed by atoms with Crippen molar-refractivity contribution in [3.8, 4) is 34.5 Å². The number of pyridine rings is 1. The standard InChI is InChI=1S/C30H16O8.C15H18N2O/c1-7-3-9(31)19-23-15(7)16-8(2)4-10(32)20-24(16)28-26-18(12(34)6-14(36)22(26)30(20)38)17-11(33)5-13(35)21(29(19)37)25(17)27(23)28;1-3-11-10-6-9(2)8-15(11,16)12-4-5-14(18)17-13(12)7-10/h3-6,33-38H,1-2H3;3-6,10H,7-8,16H2,1-2H3,(H,17,18)/t;10-,15-/m.0/s1. The van der Waals surface area contributed by atoms with E-state index in [4.69, 9.17) is 5.73 Å². The molecule has 2 aliphatic carbocycles. The molecule has 0 radical (unpaired) electrons. The average molecular weight is 747 g/mol. The molecule has 9 aromatic rings. The molecule has 278 valence electrons. The summed E-state index contributed by atoms with van der Waals surface area (Å²) in [7, 11) is 0. The summed E-state index contributed by atoms with van der Waals surface area (Å²) in [6.45, 7) is 7.66. The fourth-order valence-corrected chi connectivity index (χ4v) is 10.6. The molecule has 0 aliphatic heterocycles. The lowest BCUT2D eigenvalue weighted by molar-refractivity contribution is 0.409. The van der Waals surface area contributed by atoms with Gasteiger partial charge in [-0.05, 0) is 91.8 Å². The van der Waals surface area contributed by atoms with Crippen LogP contribution in [-0.2, 0) is 12.0 Å². The molecule has 0 amide bonds. The second kappa shape index (κ2) is 10.7. The molecule has 2 aliphatic rings. The summed E-state index contributed by atoms with van der Waals surface area (Å²) in [4.78, 5) is 41.1. The molecule has 0 unspecified atom stereocenters. The Morgan fingerprint density at radius 1 is 0.625 bits per heavy atom. The maximum Gasteiger partial charge on any atom is 0.248 e. The van der Waals surface area contributed by atoms with Crippen LogP contribution >= 0.6 is 0 Å². The number of aromatic amines is 1. The van der Waals surface area contributed by atoms with Crippen LogP contribution in [0.15, 0.2) is 74.1 Å². The van der Waals surface area contributed by atoms with Crippen LogP contribution in [0.1, 0.15) is 42.7 Å². The lowest BCUT2D eigenvalue weighted by atomic mass is 9.63. The molecule has 2 bridgehead atoms. The van der Waals surface area contributed by atoms with Crippen LogP contribution in [0.2, 0.25) is 0 Å². The molecule has 0 spiro atoms. The molecule has 2 atom stereocenters. The van der Waals surface area contributed by atoms with E-state index in [1.165, 1.54) is 23.3 Å². The van der Waals surface area contributed by atoms with Gasteiger partial charge in [-0.15, -0.1) is 0 Å². The van der Waals surface area contributed by atoms with Gasteiger partial charge in [0.1, 0.15) is 34.5 Å². The van der Waals surface area contributed by atoms with Gasteiger partial charge in [0.15, 0.2) is 10.9 Å².